The molecule has 0 spiro atoms. The molecule has 0 heterocycles. The van der Waals surface area contributed by atoms with Crippen molar-refractivity contribution in [3.63, 3.8) is 0 Å². The summed E-state index contributed by atoms with van der Waals surface area (Å²) < 4.78 is 0. The molecule has 1 aliphatic carbocycles. The number of hydrogen-bond acceptors (Lipinski definition) is 0. The van der Waals surface area contributed by atoms with Gasteiger partial charge in [-0.25, -0.2) is 0 Å². The van der Waals surface area contributed by atoms with Crippen LogP contribution >= 0.6 is 11.6 Å². The van der Waals surface area contributed by atoms with Crippen LogP contribution in [-0.2, 0) is 0 Å². The molecular weight excluding hydrogens is 276 g/mol. The summed E-state index contributed by atoms with van der Waals surface area (Å²) in [4.78, 5) is 0. The maximum atomic E-state index is 6.06. The molecule has 2 aromatic carbocycles. The van der Waals surface area contributed by atoms with Crippen LogP contribution < -0.4 is 0 Å². The first-order valence-corrected chi connectivity index (χ1v) is 8.18. The molecule has 0 fully saturated rings. The Kier molecular flexibility index (Phi) is 4.77. The van der Waals surface area contributed by atoms with Crippen LogP contribution in [-0.4, -0.2) is 0 Å². The van der Waals surface area contributed by atoms with Crippen LogP contribution in [0.5, 0.6) is 0 Å². The van der Waals surface area contributed by atoms with E-state index >= 15 is 0 Å². The smallest absolute Gasteiger partial charge is 0.0406 e. The molecule has 3 rings (SSSR count). The number of rotatable bonds is 3. The van der Waals surface area contributed by atoms with Crippen molar-refractivity contribution in [2.24, 2.45) is 5.92 Å². The van der Waals surface area contributed by atoms with E-state index in [0.717, 1.165) is 5.02 Å². The lowest BCUT2D eigenvalue weighted by Crippen LogP contribution is -2.14. The summed E-state index contributed by atoms with van der Waals surface area (Å²) >= 11 is 6.06. The van der Waals surface area contributed by atoms with Gasteiger partial charge in [0.25, 0.3) is 0 Å². The Morgan fingerprint density at radius 2 is 1.33 bits per heavy atom. The fourth-order valence-electron chi connectivity index (χ4n) is 3.40. The molecular formula is C20H21Cl. The SMILES string of the molecule is Clc1ccc(C(c2ccccc2)C2CCC=CCC2)cc1. The summed E-state index contributed by atoms with van der Waals surface area (Å²) in [7, 11) is 0. The largest absolute Gasteiger partial charge is 0.0885 e. The molecule has 1 unspecified atom stereocenters. The van der Waals surface area contributed by atoms with Crippen molar-refractivity contribution in [3.8, 4) is 0 Å². The second kappa shape index (κ2) is 6.95. The van der Waals surface area contributed by atoms with Gasteiger partial charge in [0.15, 0.2) is 0 Å². The highest BCUT2D eigenvalue weighted by Crippen LogP contribution is 2.38. The van der Waals surface area contributed by atoms with Gasteiger partial charge in [-0.3, -0.25) is 0 Å². The van der Waals surface area contributed by atoms with E-state index in [0.29, 0.717) is 11.8 Å². The van der Waals surface area contributed by atoms with Crippen LogP contribution in [0.4, 0.5) is 0 Å². The average Bonchev–Trinajstić information content (AvgIpc) is 2.80. The predicted molar refractivity (Wildman–Crippen MR) is 90.8 cm³/mol. The average molecular weight is 297 g/mol. The van der Waals surface area contributed by atoms with Gasteiger partial charge in [-0.1, -0.05) is 66.2 Å². The van der Waals surface area contributed by atoms with E-state index in [1.165, 1.54) is 36.8 Å². The Morgan fingerprint density at radius 3 is 1.95 bits per heavy atom. The summed E-state index contributed by atoms with van der Waals surface area (Å²) in [6, 6.07) is 19.3. The minimum Gasteiger partial charge on any atom is -0.0885 e. The monoisotopic (exact) mass is 296 g/mol. The summed E-state index contributed by atoms with van der Waals surface area (Å²) in [5.74, 6) is 1.17. The van der Waals surface area contributed by atoms with Crippen LogP contribution in [0.1, 0.15) is 42.7 Å². The van der Waals surface area contributed by atoms with Crippen LogP contribution in [0.3, 0.4) is 0 Å². The van der Waals surface area contributed by atoms with Gasteiger partial charge >= 0.3 is 0 Å². The van der Waals surface area contributed by atoms with Gasteiger partial charge < -0.3 is 0 Å². The Hall–Kier alpha value is -1.53. The lowest BCUT2D eigenvalue weighted by Gasteiger charge is -2.27. The van der Waals surface area contributed by atoms with Crippen LogP contribution in [0.2, 0.25) is 5.02 Å². The van der Waals surface area contributed by atoms with Crippen molar-refractivity contribution >= 4 is 11.6 Å². The topological polar surface area (TPSA) is 0 Å². The molecule has 1 atom stereocenters. The highest BCUT2D eigenvalue weighted by molar-refractivity contribution is 6.30. The lowest BCUT2D eigenvalue weighted by atomic mass is 9.77. The second-order valence-corrected chi connectivity index (χ2v) is 6.26. The van der Waals surface area contributed by atoms with Gasteiger partial charge in [0.2, 0.25) is 0 Å². The number of benzene rings is 2. The van der Waals surface area contributed by atoms with Crippen LogP contribution in [0, 0.1) is 5.92 Å². The molecule has 21 heavy (non-hydrogen) atoms. The van der Waals surface area contributed by atoms with Crippen molar-refractivity contribution in [2.45, 2.75) is 31.6 Å². The third-order valence-corrected chi connectivity index (χ3v) is 4.69. The first kappa shape index (κ1) is 14.4. The van der Waals surface area contributed by atoms with Gasteiger partial charge in [-0.15, -0.1) is 0 Å². The Labute approximate surface area is 132 Å². The standard InChI is InChI=1S/C20H21Cl/c21-19-14-12-18(13-15-19)20(17-10-6-3-7-11-17)16-8-4-1-2-5-9-16/h1-3,6-7,10-16,20H,4-5,8-9H2. The minimum atomic E-state index is 0.475. The van der Waals surface area contributed by atoms with E-state index < -0.39 is 0 Å². The third-order valence-electron chi connectivity index (χ3n) is 4.43. The molecule has 0 saturated carbocycles. The fourth-order valence-corrected chi connectivity index (χ4v) is 3.53. The Morgan fingerprint density at radius 1 is 0.762 bits per heavy atom. The molecule has 0 amide bonds. The molecule has 2 aromatic rings. The highest BCUT2D eigenvalue weighted by Gasteiger charge is 2.24. The maximum Gasteiger partial charge on any atom is 0.0406 e. The molecule has 0 aliphatic heterocycles. The molecule has 0 radical (unpaired) electrons. The van der Waals surface area contributed by atoms with Crippen molar-refractivity contribution in [2.75, 3.05) is 0 Å². The normalized spacial score (nSPS) is 17.4. The van der Waals surface area contributed by atoms with Gasteiger partial charge in [0.05, 0.1) is 0 Å². The lowest BCUT2D eigenvalue weighted by molar-refractivity contribution is 0.417. The molecule has 1 heteroatoms. The third kappa shape index (κ3) is 3.57. The summed E-state index contributed by atoms with van der Waals surface area (Å²) in [5.41, 5.74) is 2.81. The minimum absolute atomic E-state index is 0.475. The molecule has 0 bridgehead atoms. The van der Waals surface area contributed by atoms with E-state index in [4.69, 9.17) is 11.6 Å². The van der Waals surface area contributed by atoms with Crippen molar-refractivity contribution in [1.82, 2.24) is 0 Å². The maximum absolute atomic E-state index is 6.06. The number of halogens is 1. The molecule has 0 nitrogen and oxygen atoms in total. The molecule has 0 saturated heterocycles. The zero-order valence-electron chi connectivity index (χ0n) is 12.2. The second-order valence-electron chi connectivity index (χ2n) is 5.83. The van der Waals surface area contributed by atoms with Gasteiger partial charge in [0.1, 0.15) is 0 Å². The van der Waals surface area contributed by atoms with Crippen LogP contribution in [0.25, 0.3) is 0 Å². The molecule has 0 aromatic heterocycles. The number of hydrogen-bond donors (Lipinski definition) is 0. The van der Waals surface area contributed by atoms with E-state index in [9.17, 15) is 0 Å². The van der Waals surface area contributed by atoms with E-state index in [1.54, 1.807) is 0 Å². The molecule has 108 valence electrons. The highest BCUT2D eigenvalue weighted by atomic mass is 35.5. The van der Waals surface area contributed by atoms with E-state index in [-0.39, 0.29) is 0 Å². The summed E-state index contributed by atoms with van der Waals surface area (Å²) in [6.07, 6.45) is 9.59. The van der Waals surface area contributed by atoms with E-state index in [1.807, 2.05) is 12.1 Å². The fraction of sp³-hybridized carbons (Fsp3) is 0.300. The summed E-state index contributed by atoms with van der Waals surface area (Å²) in [6.45, 7) is 0. The number of allylic oxidation sites excluding steroid dienone is 2. The Balaban J connectivity index is 1.96. The zero-order chi connectivity index (χ0) is 14.5. The first-order valence-electron chi connectivity index (χ1n) is 7.80. The van der Waals surface area contributed by atoms with Crippen molar-refractivity contribution in [3.05, 3.63) is 82.9 Å². The summed E-state index contributed by atoms with van der Waals surface area (Å²) in [5, 5.41) is 0.813. The van der Waals surface area contributed by atoms with Crippen molar-refractivity contribution < 1.29 is 0 Å². The van der Waals surface area contributed by atoms with Crippen molar-refractivity contribution in [1.29, 1.82) is 0 Å². The van der Waals surface area contributed by atoms with Gasteiger partial charge in [0, 0.05) is 10.9 Å². The molecule has 1 aliphatic rings. The zero-order valence-corrected chi connectivity index (χ0v) is 13.0. The van der Waals surface area contributed by atoms with Gasteiger partial charge in [-0.05, 0) is 54.9 Å². The first-order chi connectivity index (χ1) is 10.3. The van der Waals surface area contributed by atoms with Gasteiger partial charge in [-0.2, -0.15) is 0 Å². The predicted octanol–water partition coefficient (Wildman–Crippen LogP) is 6.22. The van der Waals surface area contributed by atoms with E-state index in [2.05, 4.69) is 54.6 Å². The van der Waals surface area contributed by atoms with Crippen LogP contribution in [0.15, 0.2) is 66.7 Å². The quantitative estimate of drug-likeness (QED) is 0.590. The molecule has 0 N–H and O–H groups in total. The Bertz CT molecular complexity index is 573.